The van der Waals surface area contributed by atoms with Crippen LogP contribution in [0.3, 0.4) is 0 Å². The Kier molecular flexibility index (Phi) is 6.81. The minimum atomic E-state index is -0.591. The average molecular weight is 345 g/mol. The second kappa shape index (κ2) is 8.15. The standard InChI is InChI=1S/C16H22ClFN2O3/c1-16(2,3)23-15(22)19-9-8-14(21)20(4)10-11-12(17)6-5-7-13(11)18/h5-7H,8-10H2,1-4H3,(H,19,22). The predicted octanol–water partition coefficient (Wildman–Crippen LogP) is 3.35. The molecule has 0 radical (unpaired) electrons. The van der Waals surface area contributed by atoms with Gasteiger partial charge in [0.15, 0.2) is 0 Å². The van der Waals surface area contributed by atoms with E-state index in [0.717, 1.165) is 0 Å². The Morgan fingerprint density at radius 1 is 1.35 bits per heavy atom. The molecule has 128 valence electrons. The molecule has 1 N–H and O–H groups in total. The first-order valence-electron chi connectivity index (χ1n) is 7.24. The maximum absolute atomic E-state index is 13.7. The molecular weight excluding hydrogens is 323 g/mol. The normalized spacial score (nSPS) is 11.0. The first-order chi connectivity index (χ1) is 10.6. The Morgan fingerprint density at radius 2 is 2.00 bits per heavy atom. The summed E-state index contributed by atoms with van der Waals surface area (Å²) < 4.78 is 18.8. The summed E-state index contributed by atoms with van der Waals surface area (Å²) in [5, 5.41) is 2.78. The van der Waals surface area contributed by atoms with Crippen molar-refractivity contribution in [3.63, 3.8) is 0 Å². The lowest BCUT2D eigenvalue weighted by Crippen LogP contribution is -2.35. The third-order valence-electron chi connectivity index (χ3n) is 2.89. The van der Waals surface area contributed by atoms with E-state index in [1.54, 1.807) is 33.9 Å². The zero-order valence-electron chi connectivity index (χ0n) is 13.8. The van der Waals surface area contributed by atoms with E-state index in [1.807, 2.05) is 0 Å². The Hall–Kier alpha value is -1.82. The van der Waals surface area contributed by atoms with E-state index in [2.05, 4.69) is 5.32 Å². The second-order valence-corrected chi connectivity index (χ2v) is 6.54. The topological polar surface area (TPSA) is 58.6 Å². The van der Waals surface area contributed by atoms with Crippen LogP contribution in [-0.2, 0) is 16.1 Å². The Labute approximate surface area is 140 Å². The van der Waals surface area contributed by atoms with Gasteiger partial charge in [0.2, 0.25) is 5.91 Å². The van der Waals surface area contributed by atoms with Crippen LogP contribution in [0.2, 0.25) is 5.02 Å². The van der Waals surface area contributed by atoms with E-state index in [0.29, 0.717) is 0 Å². The first-order valence-corrected chi connectivity index (χ1v) is 7.61. The fourth-order valence-corrected chi connectivity index (χ4v) is 2.01. The summed E-state index contributed by atoms with van der Waals surface area (Å²) in [7, 11) is 1.55. The van der Waals surface area contributed by atoms with Gasteiger partial charge in [-0.15, -0.1) is 0 Å². The number of hydrogen-bond donors (Lipinski definition) is 1. The maximum Gasteiger partial charge on any atom is 0.407 e. The van der Waals surface area contributed by atoms with Crippen molar-refractivity contribution >= 4 is 23.6 Å². The van der Waals surface area contributed by atoms with E-state index < -0.39 is 17.5 Å². The van der Waals surface area contributed by atoms with Gasteiger partial charge in [0.25, 0.3) is 0 Å². The zero-order chi connectivity index (χ0) is 17.6. The van der Waals surface area contributed by atoms with E-state index in [1.165, 1.54) is 17.0 Å². The van der Waals surface area contributed by atoms with Crippen molar-refractivity contribution in [3.8, 4) is 0 Å². The van der Waals surface area contributed by atoms with E-state index in [4.69, 9.17) is 16.3 Å². The number of benzene rings is 1. The van der Waals surface area contributed by atoms with Gasteiger partial charge in [-0.25, -0.2) is 9.18 Å². The molecule has 0 saturated carbocycles. The fourth-order valence-electron chi connectivity index (χ4n) is 1.79. The molecular formula is C16H22ClFN2O3. The number of hydrogen-bond acceptors (Lipinski definition) is 3. The van der Waals surface area contributed by atoms with Crippen molar-refractivity contribution in [2.24, 2.45) is 0 Å². The van der Waals surface area contributed by atoms with Crippen molar-refractivity contribution in [2.45, 2.75) is 39.3 Å². The highest BCUT2D eigenvalue weighted by atomic mass is 35.5. The summed E-state index contributed by atoms with van der Waals surface area (Å²) in [6.07, 6.45) is -0.493. The number of nitrogens with one attached hydrogen (secondary N) is 1. The predicted molar refractivity (Wildman–Crippen MR) is 86.7 cm³/mol. The molecule has 0 saturated heterocycles. The molecule has 1 rings (SSSR count). The van der Waals surface area contributed by atoms with Crippen molar-refractivity contribution in [1.82, 2.24) is 10.2 Å². The number of alkyl carbamates (subject to hydrolysis) is 1. The molecule has 0 aromatic heterocycles. The van der Waals surface area contributed by atoms with Gasteiger partial charge in [0.05, 0.1) is 0 Å². The van der Waals surface area contributed by atoms with Gasteiger partial charge in [-0.3, -0.25) is 4.79 Å². The van der Waals surface area contributed by atoms with Gasteiger partial charge >= 0.3 is 6.09 Å². The summed E-state index contributed by atoms with van der Waals surface area (Å²) in [4.78, 5) is 24.8. The molecule has 0 spiro atoms. The van der Waals surface area contributed by atoms with Gasteiger partial charge in [-0.1, -0.05) is 17.7 Å². The number of carbonyl (C=O) groups excluding carboxylic acids is 2. The Balaban J connectivity index is 2.45. The molecule has 0 aliphatic carbocycles. The molecule has 0 aliphatic rings. The van der Waals surface area contributed by atoms with Crippen LogP contribution in [0.4, 0.5) is 9.18 Å². The summed E-state index contributed by atoms with van der Waals surface area (Å²) in [6.45, 7) is 5.47. The van der Waals surface area contributed by atoms with E-state index in [9.17, 15) is 14.0 Å². The molecule has 23 heavy (non-hydrogen) atoms. The number of carbonyl (C=O) groups is 2. The van der Waals surface area contributed by atoms with Crippen LogP contribution in [0.15, 0.2) is 18.2 Å². The quantitative estimate of drug-likeness (QED) is 0.891. The largest absolute Gasteiger partial charge is 0.444 e. The number of rotatable bonds is 5. The van der Waals surface area contributed by atoms with Crippen LogP contribution in [0.25, 0.3) is 0 Å². The highest BCUT2D eigenvalue weighted by molar-refractivity contribution is 6.31. The van der Waals surface area contributed by atoms with Gasteiger partial charge in [0.1, 0.15) is 11.4 Å². The molecule has 1 aromatic carbocycles. The number of halogens is 2. The molecule has 0 aliphatic heterocycles. The van der Waals surface area contributed by atoms with Crippen molar-refractivity contribution in [3.05, 3.63) is 34.6 Å². The summed E-state index contributed by atoms with van der Waals surface area (Å²) in [6, 6.07) is 4.37. The summed E-state index contributed by atoms with van der Waals surface area (Å²) in [5.41, 5.74) is -0.322. The van der Waals surface area contributed by atoms with Gasteiger partial charge in [-0.05, 0) is 32.9 Å². The minimum Gasteiger partial charge on any atom is -0.444 e. The molecule has 7 heteroatoms. The lowest BCUT2D eigenvalue weighted by atomic mass is 10.2. The second-order valence-electron chi connectivity index (χ2n) is 6.13. The summed E-state index contributed by atoms with van der Waals surface area (Å²) >= 11 is 5.93. The monoisotopic (exact) mass is 344 g/mol. The van der Waals surface area contributed by atoms with Crippen LogP contribution in [0.1, 0.15) is 32.8 Å². The highest BCUT2D eigenvalue weighted by Crippen LogP contribution is 2.20. The van der Waals surface area contributed by atoms with Crippen LogP contribution in [-0.4, -0.2) is 36.1 Å². The Bertz CT molecular complexity index is 553. The number of ether oxygens (including phenoxy) is 1. The van der Waals surface area contributed by atoms with Crippen LogP contribution in [0, 0.1) is 5.82 Å². The number of nitrogens with zero attached hydrogens (tertiary/aromatic N) is 1. The number of amides is 2. The average Bonchev–Trinajstić information content (AvgIpc) is 2.40. The molecule has 2 amide bonds. The lowest BCUT2D eigenvalue weighted by molar-refractivity contribution is -0.130. The molecule has 5 nitrogen and oxygen atoms in total. The van der Waals surface area contributed by atoms with Crippen LogP contribution < -0.4 is 5.32 Å². The Morgan fingerprint density at radius 3 is 2.57 bits per heavy atom. The van der Waals surface area contributed by atoms with E-state index in [-0.39, 0.29) is 36.0 Å². The van der Waals surface area contributed by atoms with Gasteiger partial charge in [-0.2, -0.15) is 0 Å². The molecule has 0 fully saturated rings. The van der Waals surface area contributed by atoms with Crippen molar-refractivity contribution in [2.75, 3.05) is 13.6 Å². The van der Waals surface area contributed by atoms with Crippen LogP contribution >= 0.6 is 11.6 Å². The SMILES string of the molecule is CN(Cc1c(F)cccc1Cl)C(=O)CCNC(=O)OC(C)(C)C. The third-order valence-corrected chi connectivity index (χ3v) is 3.24. The van der Waals surface area contributed by atoms with E-state index >= 15 is 0 Å². The third kappa shape index (κ3) is 6.86. The molecule has 0 unspecified atom stereocenters. The fraction of sp³-hybridized carbons (Fsp3) is 0.500. The zero-order valence-corrected chi connectivity index (χ0v) is 14.5. The molecule has 1 aromatic rings. The first kappa shape index (κ1) is 19.2. The molecule has 0 atom stereocenters. The van der Waals surface area contributed by atoms with Gasteiger partial charge < -0.3 is 15.0 Å². The highest BCUT2D eigenvalue weighted by Gasteiger charge is 2.17. The van der Waals surface area contributed by atoms with Gasteiger partial charge in [0, 0.05) is 37.1 Å². The summed E-state index contributed by atoms with van der Waals surface area (Å²) in [5.74, 6) is -0.690. The molecule has 0 heterocycles. The van der Waals surface area contributed by atoms with Crippen molar-refractivity contribution < 1.29 is 18.7 Å². The smallest absolute Gasteiger partial charge is 0.407 e. The van der Waals surface area contributed by atoms with Crippen molar-refractivity contribution in [1.29, 1.82) is 0 Å². The van der Waals surface area contributed by atoms with Crippen LogP contribution in [0.5, 0.6) is 0 Å². The lowest BCUT2D eigenvalue weighted by Gasteiger charge is -2.21. The minimum absolute atomic E-state index is 0.0662. The maximum atomic E-state index is 13.7. The molecule has 0 bridgehead atoms.